The Kier molecular flexibility index (Phi) is 5.37. The first kappa shape index (κ1) is 18.5. The molecule has 0 bridgehead atoms. The number of rotatable bonds is 4. The maximum absolute atomic E-state index is 12.3. The van der Waals surface area contributed by atoms with Gasteiger partial charge in [-0.3, -0.25) is 4.79 Å². The molecule has 1 aliphatic rings. The molecule has 3 N–H and O–H groups in total. The monoisotopic (exact) mass is 355 g/mol. The Balaban J connectivity index is 1.53. The SMILES string of the molecule is CC(C)(C)c1ccc(N2CCC(NC(=O)c3coc(CN)c3)CC2)cc1. The second-order valence-corrected chi connectivity index (χ2v) is 8.04. The molecule has 1 aromatic heterocycles. The number of nitrogens with one attached hydrogen (secondary N) is 1. The van der Waals surface area contributed by atoms with Crippen molar-refractivity contribution < 1.29 is 9.21 Å². The number of hydrogen-bond donors (Lipinski definition) is 2. The standard InChI is InChI=1S/C21H29N3O2/c1-21(2,3)16-4-6-18(7-5-16)24-10-8-17(9-11-24)23-20(25)15-12-19(13-22)26-14-15/h4-7,12,14,17H,8-11,13,22H2,1-3H3,(H,23,25). The molecule has 140 valence electrons. The number of piperidine rings is 1. The van der Waals surface area contributed by atoms with E-state index in [1.807, 2.05) is 0 Å². The van der Waals surface area contributed by atoms with Crippen LogP contribution in [0.5, 0.6) is 0 Å². The summed E-state index contributed by atoms with van der Waals surface area (Å²) in [6.45, 7) is 8.88. The summed E-state index contributed by atoms with van der Waals surface area (Å²) in [5.41, 5.74) is 8.84. The summed E-state index contributed by atoms with van der Waals surface area (Å²) < 4.78 is 5.24. The third-order valence-electron chi connectivity index (χ3n) is 5.05. The third-order valence-corrected chi connectivity index (χ3v) is 5.05. The Morgan fingerprint density at radius 1 is 1.23 bits per heavy atom. The van der Waals surface area contributed by atoms with E-state index >= 15 is 0 Å². The van der Waals surface area contributed by atoms with Gasteiger partial charge >= 0.3 is 0 Å². The van der Waals surface area contributed by atoms with E-state index in [1.165, 1.54) is 17.5 Å². The average Bonchev–Trinajstić information content (AvgIpc) is 3.11. The van der Waals surface area contributed by atoms with Crippen molar-refractivity contribution in [3.63, 3.8) is 0 Å². The Labute approximate surface area is 155 Å². The molecule has 3 rings (SSSR count). The van der Waals surface area contributed by atoms with Crippen LogP contribution in [0.15, 0.2) is 41.0 Å². The van der Waals surface area contributed by atoms with Crippen LogP contribution in [-0.4, -0.2) is 25.0 Å². The predicted molar refractivity (Wildman–Crippen MR) is 104 cm³/mol. The van der Waals surface area contributed by atoms with Crippen molar-refractivity contribution in [2.45, 2.75) is 51.6 Å². The number of anilines is 1. The number of carbonyl (C=O) groups is 1. The van der Waals surface area contributed by atoms with Crippen LogP contribution in [0.3, 0.4) is 0 Å². The molecule has 5 heteroatoms. The molecule has 1 fully saturated rings. The van der Waals surface area contributed by atoms with Crippen LogP contribution in [0.1, 0.15) is 55.3 Å². The van der Waals surface area contributed by atoms with Gasteiger partial charge < -0.3 is 20.4 Å². The minimum absolute atomic E-state index is 0.0820. The molecule has 2 aromatic rings. The van der Waals surface area contributed by atoms with Gasteiger partial charge in [0.25, 0.3) is 5.91 Å². The minimum atomic E-state index is -0.0820. The number of furan rings is 1. The van der Waals surface area contributed by atoms with Crippen molar-refractivity contribution in [3.8, 4) is 0 Å². The molecule has 1 aromatic carbocycles. The van der Waals surface area contributed by atoms with Crippen molar-refractivity contribution in [3.05, 3.63) is 53.5 Å². The molecule has 26 heavy (non-hydrogen) atoms. The van der Waals surface area contributed by atoms with E-state index in [1.54, 1.807) is 6.07 Å². The number of carbonyl (C=O) groups excluding carboxylic acids is 1. The van der Waals surface area contributed by atoms with Gasteiger partial charge in [0.05, 0.1) is 12.1 Å². The quantitative estimate of drug-likeness (QED) is 0.881. The topological polar surface area (TPSA) is 71.5 Å². The molecular formula is C21H29N3O2. The third kappa shape index (κ3) is 4.28. The molecule has 0 unspecified atom stereocenters. The van der Waals surface area contributed by atoms with Gasteiger partial charge in [0.15, 0.2) is 0 Å². The van der Waals surface area contributed by atoms with E-state index < -0.39 is 0 Å². The summed E-state index contributed by atoms with van der Waals surface area (Å²) in [4.78, 5) is 14.7. The molecular weight excluding hydrogens is 326 g/mol. The first-order chi connectivity index (χ1) is 12.4. The maximum atomic E-state index is 12.3. The van der Waals surface area contributed by atoms with Crippen molar-refractivity contribution >= 4 is 11.6 Å². The summed E-state index contributed by atoms with van der Waals surface area (Å²) in [6.07, 6.45) is 3.35. The average molecular weight is 355 g/mol. The number of nitrogens with zero attached hydrogens (tertiary/aromatic N) is 1. The van der Waals surface area contributed by atoms with E-state index in [0.29, 0.717) is 17.9 Å². The highest BCUT2D eigenvalue weighted by Crippen LogP contribution is 2.26. The molecule has 0 spiro atoms. The fourth-order valence-electron chi connectivity index (χ4n) is 3.33. The van der Waals surface area contributed by atoms with E-state index in [9.17, 15) is 4.79 Å². The van der Waals surface area contributed by atoms with Crippen molar-refractivity contribution in [1.29, 1.82) is 0 Å². The maximum Gasteiger partial charge on any atom is 0.254 e. The molecule has 1 aliphatic heterocycles. The molecule has 0 saturated carbocycles. The van der Waals surface area contributed by atoms with E-state index in [0.717, 1.165) is 25.9 Å². The van der Waals surface area contributed by atoms with Crippen molar-refractivity contribution in [2.75, 3.05) is 18.0 Å². The number of benzene rings is 1. The van der Waals surface area contributed by atoms with Gasteiger partial charge in [0.2, 0.25) is 0 Å². The van der Waals surface area contributed by atoms with Gasteiger partial charge in [-0.1, -0.05) is 32.9 Å². The first-order valence-corrected chi connectivity index (χ1v) is 9.30. The molecule has 2 heterocycles. The van der Waals surface area contributed by atoms with Gasteiger partial charge in [-0.15, -0.1) is 0 Å². The van der Waals surface area contributed by atoms with Crippen LogP contribution in [0.4, 0.5) is 5.69 Å². The van der Waals surface area contributed by atoms with Gasteiger partial charge in [0, 0.05) is 24.8 Å². The Morgan fingerprint density at radius 2 is 1.88 bits per heavy atom. The fraction of sp³-hybridized carbons (Fsp3) is 0.476. The zero-order valence-electron chi connectivity index (χ0n) is 15.9. The summed E-state index contributed by atoms with van der Waals surface area (Å²) in [6, 6.07) is 10.8. The number of nitrogens with two attached hydrogens (primary N) is 1. The zero-order chi connectivity index (χ0) is 18.7. The first-order valence-electron chi connectivity index (χ1n) is 9.30. The van der Waals surface area contributed by atoms with Crippen LogP contribution >= 0.6 is 0 Å². The minimum Gasteiger partial charge on any atom is -0.467 e. The smallest absolute Gasteiger partial charge is 0.254 e. The van der Waals surface area contributed by atoms with Crippen molar-refractivity contribution in [2.24, 2.45) is 5.73 Å². The number of amides is 1. The van der Waals surface area contributed by atoms with Gasteiger partial charge in [-0.05, 0) is 42.0 Å². The number of hydrogen-bond acceptors (Lipinski definition) is 4. The van der Waals surface area contributed by atoms with Crippen LogP contribution in [0.25, 0.3) is 0 Å². The van der Waals surface area contributed by atoms with Crippen LogP contribution in [-0.2, 0) is 12.0 Å². The Bertz CT molecular complexity index is 735. The van der Waals surface area contributed by atoms with E-state index in [2.05, 4.69) is 55.3 Å². The summed E-state index contributed by atoms with van der Waals surface area (Å²) >= 11 is 0. The second-order valence-electron chi connectivity index (χ2n) is 8.04. The summed E-state index contributed by atoms with van der Waals surface area (Å²) in [5.74, 6) is 0.546. The van der Waals surface area contributed by atoms with Gasteiger partial charge in [0.1, 0.15) is 12.0 Å². The summed E-state index contributed by atoms with van der Waals surface area (Å²) in [5, 5.41) is 3.11. The Morgan fingerprint density at radius 3 is 2.42 bits per heavy atom. The molecule has 1 saturated heterocycles. The van der Waals surface area contributed by atoms with Crippen molar-refractivity contribution in [1.82, 2.24) is 5.32 Å². The lowest BCUT2D eigenvalue weighted by Crippen LogP contribution is -2.44. The van der Waals surface area contributed by atoms with E-state index in [4.69, 9.17) is 10.2 Å². The van der Waals surface area contributed by atoms with Crippen LogP contribution in [0.2, 0.25) is 0 Å². The Hall–Kier alpha value is -2.27. The van der Waals surface area contributed by atoms with Crippen LogP contribution in [0, 0.1) is 0 Å². The molecule has 5 nitrogen and oxygen atoms in total. The lowest BCUT2D eigenvalue weighted by molar-refractivity contribution is 0.0930. The molecule has 0 radical (unpaired) electrons. The highest BCUT2D eigenvalue weighted by atomic mass is 16.3. The predicted octanol–water partition coefficient (Wildman–Crippen LogP) is 3.43. The molecule has 1 amide bonds. The molecule has 0 aliphatic carbocycles. The zero-order valence-corrected chi connectivity index (χ0v) is 15.9. The summed E-state index contributed by atoms with van der Waals surface area (Å²) in [7, 11) is 0. The highest BCUT2D eigenvalue weighted by Gasteiger charge is 2.22. The highest BCUT2D eigenvalue weighted by molar-refractivity contribution is 5.94. The van der Waals surface area contributed by atoms with Crippen LogP contribution < -0.4 is 16.0 Å². The molecule has 0 atom stereocenters. The lowest BCUT2D eigenvalue weighted by Gasteiger charge is -2.34. The largest absolute Gasteiger partial charge is 0.467 e. The second kappa shape index (κ2) is 7.54. The lowest BCUT2D eigenvalue weighted by atomic mass is 9.87. The fourth-order valence-corrected chi connectivity index (χ4v) is 3.33. The van der Waals surface area contributed by atoms with E-state index in [-0.39, 0.29) is 17.4 Å². The normalized spacial score (nSPS) is 15.9. The van der Waals surface area contributed by atoms with Gasteiger partial charge in [-0.25, -0.2) is 0 Å². The van der Waals surface area contributed by atoms with Gasteiger partial charge in [-0.2, -0.15) is 0 Å².